The monoisotopic (exact) mass is 480 g/mol. The van der Waals surface area contributed by atoms with Crippen molar-refractivity contribution in [2.75, 3.05) is 24.3 Å². The first-order valence-corrected chi connectivity index (χ1v) is 11.1. The number of esters is 1. The van der Waals surface area contributed by atoms with Crippen molar-refractivity contribution in [1.29, 1.82) is 0 Å². The number of amides is 1. The highest BCUT2D eigenvalue weighted by atomic mass is 16.5. The Kier molecular flexibility index (Phi) is 8.08. The molecule has 0 aliphatic carbocycles. The minimum absolute atomic E-state index is 0.102. The molecule has 0 saturated carbocycles. The van der Waals surface area contributed by atoms with E-state index in [1.165, 1.54) is 34.8 Å². The second kappa shape index (κ2) is 11.2. The number of aromatic nitrogens is 2. The molecular weight excluding hydrogens is 452 g/mol. The van der Waals surface area contributed by atoms with Crippen LogP contribution >= 0.6 is 0 Å². The van der Waals surface area contributed by atoms with Gasteiger partial charge >= 0.3 is 11.7 Å². The molecule has 0 saturated heterocycles. The van der Waals surface area contributed by atoms with Crippen LogP contribution in [-0.4, -0.2) is 35.1 Å². The number of nitrogens with one attached hydrogen (secondary N) is 1. The maximum absolute atomic E-state index is 13.2. The van der Waals surface area contributed by atoms with E-state index in [4.69, 9.17) is 14.9 Å². The summed E-state index contributed by atoms with van der Waals surface area (Å²) in [4.78, 5) is 53.8. The number of anilines is 2. The lowest BCUT2D eigenvalue weighted by molar-refractivity contribution is -0.114. The Bertz CT molecular complexity index is 1350. The molecule has 1 aromatic carbocycles. The molecule has 0 fully saturated rings. The fraction of sp³-hybridized carbons (Fsp3) is 0.280. The van der Waals surface area contributed by atoms with Gasteiger partial charge in [0.05, 0.1) is 13.7 Å². The minimum Gasteiger partial charge on any atom is -0.465 e. The van der Waals surface area contributed by atoms with Gasteiger partial charge in [-0.2, -0.15) is 0 Å². The number of nitrogen functional groups attached to an aromatic ring is 1. The van der Waals surface area contributed by atoms with Crippen LogP contribution in [0, 0.1) is 6.92 Å². The highest BCUT2D eigenvalue weighted by Gasteiger charge is 2.23. The van der Waals surface area contributed by atoms with E-state index in [0.717, 1.165) is 12.0 Å². The summed E-state index contributed by atoms with van der Waals surface area (Å²) >= 11 is 0. The zero-order valence-corrected chi connectivity index (χ0v) is 19.9. The van der Waals surface area contributed by atoms with Gasteiger partial charge in [0.25, 0.3) is 11.5 Å². The summed E-state index contributed by atoms with van der Waals surface area (Å²) in [6.45, 7) is 3.89. The summed E-state index contributed by atoms with van der Waals surface area (Å²) in [5.41, 5.74) is 5.81. The zero-order chi connectivity index (χ0) is 25.5. The normalized spacial score (nSPS) is 11.1. The van der Waals surface area contributed by atoms with E-state index < -0.39 is 23.1 Å². The number of aromatic amines is 1. The van der Waals surface area contributed by atoms with Crippen molar-refractivity contribution in [3.8, 4) is 0 Å². The smallest absolute Gasteiger partial charge is 0.341 e. The molecule has 35 heavy (non-hydrogen) atoms. The lowest BCUT2D eigenvalue weighted by Gasteiger charge is -2.23. The van der Waals surface area contributed by atoms with Gasteiger partial charge in [-0.25, -0.2) is 9.59 Å². The molecule has 3 N–H and O–H groups in total. The maximum atomic E-state index is 13.2. The summed E-state index contributed by atoms with van der Waals surface area (Å²) in [7, 11) is 1.26. The Labute approximate surface area is 201 Å². The quantitative estimate of drug-likeness (QED) is 0.354. The van der Waals surface area contributed by atoms with Crippen LogP contribution in [0.2, 0.25) is 0 Å². The van der Waals surface area contributed by atoms with Gasteiger partial charge in [0.2, 0.25) is 0 Å². The summed E-state index contributed by atoms with van der Waals surface area (Å²) in [5, 5.41) is 0. The Balaban J connectivity index is 1.98. The average molecular weight is 481 g/mol. The van der Waals surface area contributed by atoms with Gasteiger partial charge in [-0.3, -0.25) is 19.1 Å². The van der Waals surface area contributed by atoms with Gasteiger partial charge in [0.15, 0.2) is 5.69 Å². The van der Waals surface area contributed by atoms with Gasteiger partial charge in [-0.15, -0.1) is 0 Å². The number of methoxy groups -OCH3 is 1. The van der Waals surface area contributed by atoms with Gasteiger partial charge in [-0.05, 0) is 31.1 Å². The van der Waals surface area contributed by atoms with Gasteiger partial charge in [0.1, 0.15) is 22.9 Å². The predicted molar refractivity (Wildman–Crippen MR) is 132 cm³/mol. The Morgan fingerprint density at radius 1 is 1.23 bits per heavy atom. The highest BCUT2D eigenvalue weighted by molar-refractivity contribution is 6.05. The van der Waals surface area contributed by atoms with E-state index in [1.807, 2.05) is 37.3 Å². The molecule has 3 aromatic rings. The Morgan fingerprint density at radius 3 is 2.60 bits per heavy atom. The molecule has 0 aliphatic rings. The van der Waals surface area contributed by atoms with Crippen LogP contribution in [0.3, 0.4) is 0 Å². The summed E-state index contributed by atoms with van der Waals surface area (Å²) < 4.78 is 11.4. The molecule has 0 bridgehead atoms. The minimum atomic E-state index is -0.753. The third kappa shape index (κ3) is 5.78. The molecule has 0 aliphatic heterocycles. The average Bonchev–Trinajstić information content (AvgIpc) is 3.22. The van der Waals surface area contributed by atoms with E-state index >= 15 is 0 Å². The number of nitrogens with zero attached hydrogens (tertiary/aromatic N) is 2. The Morgan fingerprint density at radius 2 is 1.94 bits per heavy atom. The molecular formula is C25H28N4O6. The van der Waals surface area contributed by atoms with Crippen LogP contribution in [0.25, 0.3) is 6.08 Å². The maximum Gasteiger partial charge on any atom is 0.341 e. The fourth-order valence-electron chi connectivity index (χ4n) is 3.55. The number of carbonyl (C=O) groups is 2. The second-order valence-corrected chi connectivity index (χ2v) is 7.85. The number of hydrogen-bond donors (Lipinski definition) is 2. The zero-order valence-electron chi connectivity index (χ0n) is 19.9. The van der Waals surface area contributed by atoms with Gasteiger partial charge in [0, 0.05) is 12.6 Å². The van der Waals surface area contributed by atoms with E-state index in [-0.39, 0.29) is 35.9 Å². The number of aryl methyl sites for hydroxylation is 1. The molecule has 2 heterocycles. The fourth-order valence-corrected chi connectivity index (χ4v) is 3.55. The first-order valence-electron chi connectivity index (χ1n) is 11.1. The van der Waals surface area contributed by atoms with Crippen LogP contribution in [0.4, 0.5) is 11.5 Å². The van der Waals surface area contributed by atoms with Crippen LogP contribution < -0.4 is 21.9 Å². The third-order valence-corrected chi connectivity index (χ3v) is 5.40. The lowest BCUT2D eigenvalue weighted by Crippen LogP contribution is -2.41. The molecule has 184 valence electrons. The summed E-state index contributed by atoms with van der Waals surface area (Å²) in [6.07, 6.45) is 3.98. The molecule has 10 heteroatoms. The molecule has 0 atom stereocenters. The topological polar surface area (TPSA) is 141 Å². The first-order chi connectivity index (χ1) is 16.8. The van der Waals surface area contributed by atoms with E-state index in [9.17, 15) is 19.2 Å². The van der Waals surface area contributed by atoms with Crippen LogP contribution in [0.5, 0.6) is 0 Å². The summed E-state index contributed by atoms with van der Waals surface area (Å²) in [6, 6.07) is 10.6. The number of H-pyrrole nitrogens is 1. The van der Waals surface area contributed by atoms with Crippen LogP contribution in [-0.2, 0) is 16.1 Å². The van der Waals surface area contributed by atoms with Crippen molar-refractivity contribution < 1.29 is 18.7 Å². The molecule has 0 unspecified atom stereocenters. The second-order valence-electron chi connectivity index (χ2n) is 7.85. The Hall–Kier alpha value is -4.34. The molecule has 10 nitrogen and oxygen atoms in total. The number of nitrogens with two attached hydrogens (primary N) is 1. The SMILES string of the molecule is CCCCN(C(=O)/C=C/c1cc(C(=O)OC)c(C)o1)c1c(N)n(Cc2ccccc2)c(=O)[nH]c1=O. The number of rotatable bonds is 9. The van der Waals surface area contributed by atoms with Crippen molar-refractivity contribution in [1.82, 2.24) is 9.55 Å². The predicted octanol–water partition coefficient (Wildman–Crippen LogP) is 2.70. The van der Waals surface area contributed by atoms with E-state index in [1.54, 1.807) is 6.92 Å². The largest absolute Gasteiger partial charge is 0.465 e. The van der Waals surface area contributed by atoms with E-state index in [2.05, 4.69) is 4.98 Å². The number of furan rings is 1. The van der Waals surface area contributed by atoms with E-state index in [0.29, 0.717) is 12.2 Å². The van der Waals surface area contributed by atoms with Crippen molar-refractivity contribution in [2.45, 2.75) is 33.2 Å². The van der Waals surface area contributed by atoms with Gasteiger partial charge < -0.3 is 19.8 Å². The van der Waals surface area contributed by atoms with Crippen molar-refractivity contribution in [2.24, 2.45) is 0 Å². The molecule has 1 amide bonds. The van der Waals surface area contributed by atoms with Crippen LogP contribution in [0.15, 0.2) is 56.5 Å². The molecule has 0 radical (unpaired) electrons. The van der Waals surface area contributed by atoms with Crippen molar-refractivity contribution >= 4 is 29.5 Å². The van der Waals surface area contributed by atoms with Crippen molar-refractivity contribution in [3.05, 3.63) is 86.0 Å². The molecule has 3 rings (SSSR count). The standard InChI is InChI=1S/C25H28N4O6/c1-4-5-13-28(20(30)12-11-18-14-19(16(2)35-18)24(32)34-3)21-22(26)29(25(33)27-23(21)31)15-17-9-7-6-8-10-17/h6-12,14H,4-5,13,15,26H2,1-3H3,(H,27,31,33)/b12-11+. The summed E-state index contributed by atoms with van der Waals surface area (Å²) in [5.74, 6) is -0.582. The van der Waals surface area contributed by atoms with Crippen LogP contribution in [0.1, 0.15) is 47.2 Å². The molecule has 2 aromatic heterocycles. The number of carbonyl (C=O) groups excluding carboxylic acids is 2. The highest BCUT2D eigenvalue weighted by Crippen LogP contribution is 2.21. The number of benzene rings is 1. The lowest BCUT2D eigenvalue weighted by atomic mass is 10.2. The first kappa shape index (κ1) is 25.3. The molecule has 0 spiro atoms. The van der Waals surface area contributed by atoms with Crippen molar-refractivity contribution in [3.63, 3.8) is 0 Å². The number of hydrogen-bond acceptors (Lipinski definition) is 7. The number of ether oxygens (including phenoxy) is 1. The van der Waals surface area contributed by atoms with Gasteiger partial charge in [-0.1, -0.05) is 43.7 Å². The number of unbranched alkanes of at least 4 members (excludes halogenated alkanes) is 1. The third-order valence-electron chi connectivity index (χ3n) is 5.40.